The molecule has 0 radical (unpaired) electrons. The van der Waals surface area contributed by atoms with Crippen molar-refractivity contribution in [2.24, 2.45) is 11.8 Å². The van der Waals surface area contributed by atoms with Crippen LogP contribution in [0.5, 0.6) is 0 Å². The van der Waals surface area contributed by atoms with Gasteiger partial charge in [0.2, 0.25) is 0 Å². The van der Waals surface area contributed by atoms with Crippen LogP contribution in [-0.4, -0.2) is 51.9 Å². The van der Waals surface area contributed by atoms with Crippen molar-refractivity contribution in [3.05, 3.63) is 152 Å². The zero-order valence-corrected chi connectivity index (χ0v) is 42.3. The Kier molecular flexibility index (Phi) is 15.4. The van der Waals surface area contributed by atoms with E-state index in [0.717, 1.165) is 57.4 Å². The van der Waals surface area contributed by atoms with Crippen LogP contribution in [0.2, 0.25) is 0 Å². The third kappa shape index (κ3) is 9.80. The Labute approximate surface area is 405 Å². The van der Waals surface area contributed by atoms with Gasteiger partial charge < -0.3 is 35.2 Å². The summed E-state index contributed by atoms with van der Waals surface area (Å²) in [6, 6.07) is 20.3. The molecule has 342 valence electrons. The first-order valence-corrected chi connectivity index (χ1v) is 24.1. The van der Waals surface area contributed by atoms with Gasteiger partial charge in [0, 0.05) is 47.5 Å². The van der Waals surface area contributed by atoms with E-state index in [1.165, 1.54) is 29.1 Å². The first-order chi connectivity index (χ1) is 29.9. The molecule has 0 amide bonds. The topological polar surface area (TPSA) is 15.9 Å². The van der Waals surface area contributed by atoms with E-state index in [1.807, 2.05) is 52.0 Å². The molecular weight excluding hydrogens is 943 g/mol. The summed E-state index contributed by atoms with van der Waals surface area (Å²) in [7, 11) is 0. The van der Waals surface area contributed by atoms with Crippen molar-refractivity contribution >= 4 is 106 Å². The number of aromatic nitrogens is 2. The lowest BCUT2D eigenvalue weighted by atomic mass is 9.83. The Hall–Kier alpha value is -3.11. The molecule has 8 rings (SSSR count). The van der Waals surface area contributed by atoms with E-state index in [1.54, 1.807) is 13.8 Å². The molecule has 0 unspecified atom stereocenters. The van der Waals surface area contributed by atoms with Crippen LogP contribution >= 0.6 is 69.6 Å². The van der Waals surface area contributed by atoms with E-state index in [0.29, 0.717) is 57.4 Å². The second-order valence-corrected chi connectivity index (χ2v) is 21.9. The largest absolute Gasteiger partial charge is 0.737 e. The number of benzene rings is 2. The van der Waals surface area contributed by atoms with E-state index in [2.05, 4.69) is 76.2 Å². The van der Waals surface area contributed by atoms with Crippen LogP contribution in [0.4, 0.5) is 17.3 Å². The van der Waals surface area contributed by atoms with Gasteiger partial charge in [0.15, 0.2) is 20.0 Å². The van der Waals surface area contributed by atoms with Crippen molar-refractivity contribution in [3.8, 4) is 0 Å². The zero-order valence-electron chi connectivity index (χ0n) is 37.8. The maximum absolute atomic E-state index is 17.2. The van der Waals surface area contributed by atoms with Crippen LogP contribution in [0.15, 0.2) is 95.4 Å². The van der Waals surface area contributed by atoms with Gasteiger partial charge in [-0.3, -0.25) is 0 Å². The fourth-order valence-corrected chi connectivity index (χ4v) is 10.1. The molecule has 0 fully saturated rings. The van der Waals surface area contributed by atoms with Gasteiger partial charge in [0.1, 0.15) is 11.4 Å². The van der Waals surface area contributed by atoms with Crippen molar-refractivity contribution < 1.29 is 26.2 Å². The van der Waals surface area contributed by atoms with Gasteiger partial charge in [-0.2, -0.15) is 0 Å². The molecule has 4 nitrogen and oxygen atoms in total. The molecule has 64 heavy (non-hydrogen) atoms. The normalized spacial score (nSPS) is 17.1. The van der Waals surface area contributed by atoms with Crippen LogP contribution in [0, 0.1) is 39.5 Å². The first-order valence-electron chi connectivity index (χ1n) is 21.5. The third-order valence-corrected chi connectivity index (χ3v) is 12.1. The van der Waals surface area contributed by atoms with Crippen molar-refractivity contribution in [3.63, 3.8) is 0 Å². The van der Waals surface area contributed by atoms with Crippen LogP contribution < -0.4 is 0 Å². The van der Waals surface area contributed by atoms with Gasteiger partial charge in [-0.1, -0.05) is 146 Å². The number of allylic oxidation sites excluding steroid dienone is 4. The minimum absolute atomic E-state index is 0.165. The highest BCUT2D eigenvalue weighted by Crippen LogP contribution is 2.47. The Morgan fingerprint density at radius 3 is 1.09 bits per heavy atom. The number of hydrogen-bond donors (Lipinski definition) is 0. The molecule has 0 saturated heterocycles. The predicted molar refractivity (Wildman–Crippen MR) is 267 cm³/mol. The second kappa shape index (κ2) is 19.6. The Bertz CT molecular complexity index is 2460. The summed E-state index contributed by atoms with van der Waals surface area (Å²) < 4.78 is 72.0. The molecule has 4 aliphatic rings. The van der Waals surface area contributed by atoms with Crippen molar-refractivity contribution in [1.82, 2.24) is 8.96 Å². The van der Waals surface area contributed by atoms with Gasteiger partial charge in [-0.05, 0) is 123 Å². The molecule has 0 aliphatic carbocycles. The first kappa shape index (κ1) is 50.3. The zero-order chi connectivity index (χ0) is 47.3. The number of halogens is 10. The van der Waals surface area contributed by atoms with E-state index < -0.39 is 22.5 Å². The molecule has 0 spiro atoms. The molecule has 4 aromatic rings. The Balaban J connectivity index is 0.000000786. The summed E-state index contributed by atoms with van der Waals surface area (Å²) >= 11 is 28.8. The molecule has 6 heterocycles. The lowest BCUT2D eigenvalue weighted by Gasteiger charge is -2.34. The van der Waals surface area contributed by atoms with Gasteiger partial charge >= 0.3 is 13.9 Å². The van der Waals surface area contributed by atoms with E-state index in [4.69, 9.17) is 69.6 Å². The molecule has 4 aliphatic heterocycles. The molecule has 2 aromatic heterocycles. The second-order valence-electron chi connectivity index (χ2n) is 18.0. The number of hydrogen-bond acceptors (Lipinski definition) is 0. The van der Waals surface area contributed by atoms with Crippen LogP contribution in [0.25, 0.3) is 11.1 Å². The SMILES string of the molecule is CC1=CC(CCC2=[N+]3C(=C(c4ccc(CC(C)C)cc4)c4c(C)cc(C)n4[B-]3(F)F)C(C)=C2)=[N+]2C1=C(c1ccc(CC(C)C)cc1)c1c(C)cc(C)n1[B-]2(F)F.ClC(Cl)Cl.ClC(Cl)Cl. The van der Waals surface area contributed by atoms with E-state index in [-0.39, 0.29) is 12.8 Å². The van der Waals surface area contributed by atoms with Gasteiger partial charge in [-0.25, -0.2) is 0 Å². The lowest BCUT2D eigenvalue weighted by Crippen LogP contribution is -2.52. The summed E-state index contributed by atoms with van der Waals surface area (Å²) in [5.74, 6) is 0.989. The smallest absolute Gasteiger partial charge is 0.393 e. The van der Waals surface area contributed by atoms with Gasteiger partial charge in [0.25, 0.3) is 0 Å². The lowest BCUT2D eigenvalue weighted by molar-refractivity contribution is -0.367. The fourth-order valence-electron chi connectivity index (χ4n) is 10.1. The molecule has 16 heteroatoms. The van der Waals surface area contributed by atoms with Crippen LogP contribution in [0.1, 0.15) is 111 Å². The number of fused-ring (bicyclic) bond motifs is 4. The average molecular weight is 997 g/mol. The highest BCUT2D eigenvalue weighted by molar-refractivity contribution is 6.63. The Morgan fingerprint density at radius 1 is 0.516 bits per heavy atom. The molecule has 0 atom stereocenters. The summed E-state index contributed by atoms with van der Waals surface area (Å²) in [6.45, 7) is 11.2. The third-order valence-electron chi connectivity index (χ3n) is 12.1. The summed E-state index contributed by atoms with van der Waals surface area (Å²) in [5, 5.41) is 0. The van der Waals surface area contributed by atoms with Gasteiger partial charge in [-0.15, -0.1) is 0 Å². The van der Waals surface area contributed by atoms with Gasteiger partial charge in [0.05, 0.1) is 11.1 Å². The Morgan fingerprint density at radius 2 is 0.812 bits per heavy atom. The molecule has 0 N–H and O–H groups in total. The number of nitrogens with zero attached hydrogens (tertiary/aromatic N) is 4. The predicted octanol–water partition coefficient (Wildman–Crippen LogP) is 15.2. The summed E-state index contributed by atoms with van der Waals surface area (Å²) in [5.41, 5.74) is 12.7. The number of aryl methyl sites for hydroxylation is 4. The monoisotopic (exact) mass is 994 g/mol. The maximum atomic E-state index is 17.2. The molecule has 2 aromatic carbocycles. The van der Waals surface area contributed by atoms with E-state index in [9.17, 15) is 0 Å². The van der Waals surface area contributed by atoms with Crippen molar-refractivity contribution in [2.75, 3.05) is 0 Å². The number of alkyl halides is 6. The minimum Gasteiger partial charge on any atom is -0.393 e. The molecule has 0 bridgehead atoms. The highest BCUT2D eigenvalue weighted by atomic mass is 35.6. The summed E-state index contributed by atoms with van der Waals surface area (Å²) in [4.78, 5) is 0. The van der Waals surface area contributed by atoms with Crippen molar-refractivity contribution in [1.29, 1.82) is 0 Å². The van der Waals surface area contributed by atoms with E-state index >= 15 is 17.3 Å². The maximum Gasteiger partial charge on any atom is 0.737 e. The quantitative estimate of drug-likeness (QED) is 0.0902. The standard InChI is InChI=1S/C46H52B2F4N4.2CHCl3/c1-27(2)21-35-11-15-37(16-12-35)41-43-29(5)23-33(9)53(43)47(49,50)55-39(25-31(7)45(41)55)19-20-40-26-32(8)46-42(38-17-13-36(14-18-38)22-28(3)4)44-30(6)24-34(10)54(44)48(51,52)56(40)46;2*2-1(3)4/h11-18,23-28H,19-22H2,1-10H3;2*1H. The number of rotatable bonds is 9. The average Bonchev–Trinajstić information content (AvgIpc) is 3.88. The minimum atomic E-state index is -4.28. The fraction of sp³-hybridized carbons (Fsp3) is 0.375. The van der Waals surface area contributed by atoms with Crippen LogP contribution in [0.3, 0.4) is 0 Å². The van der Waals surface area contributed by atoms with Crippen LogP contribution in [-0.2, 0) is 12.8 Å². The van der Waals surface area contributed by atoms with Crippen molar-refractivity contribution in [2.45, 2.75) is 104 Å². The molecular formula is C48H54B2Cl6F4N4. The highest BCUT2D eigenvalue weighted by Gasteiger charge is 2.57. The summed E-state index contributed by atoms with van der Waals surface area (Å²) in [6.07, 6.45) is 5.89. The molecule has 0 saturated carbocycles.